The summed E-state index contributed by atoms with van der Waals surface area (Å²) in [5.74, 6) is -1.50. The number of esters is 1. The van der Waals surface area contributed by atoms with Gasteiger partial charge < -0.3 is 4.74 Å². The number of ether oxygens (including phenoxy) is 1. The van der Waals surface area contributed by atoms with E-state index in [1.807, 2.05) is 60.7 Å². The number of hydrogen-bond donors (Lipinski definition) is 1. The van der Waals surface area contributed by atoms with Crippen LogP contribution in [0.5, 0.6) is 0 Å². The van der Waals surface area contributed by atoms with Crippen LogP contribution in [0.25, 0.3) is 0 Å². The van der Waals surface area contributed by atoms with Gasteiger partial charge in [0.2, 0.25) is 9.84 Å². The lowest BCUT2D eigenvalue weighted by Gasteiger charge is -2.17. The molecule has 3 aromatic carbocycles. The molecule has 4 rings (SSSR count). The van der Waals surface area contributed by atoms with Crippen LogP contribution in [-0.2, 0) is 24.2 Å². The van der Waals surface area contributed by atoms with E-state index in [1.54, 1.807) is 0 Å². The lowest BCUT2D eigenvalue weighted by atomic mass is 9.89. The van der Waals surface area contributed by atoms with Gasteiger partial charge in [0, 0.05) is 18.1 Å². The van der Waals surface area contributed by atoms with Crippen LogP contribution in [0.15, 0.2) is 100 Å². The summed E-state index contributed by atoms with van der Waals surface area (Å²) in [5, 5.41) is 13.2. The maximum atomic E-state index is 12.8. The minimum atomic E-state index is -3.99. The number of amides is 1. The zero-order valence-electron chi connectivity index (χ0n) is 19.7. The van der Waals surface area contributed by atoms with Gasteiger partial charge >= 0.3 is 5.97 Å². The smallest absolute Gasteiger partial charge is 0.307 e. The van der Waals surface area contributed by atoms with E-state index in [1.165, 1.54) is 0 Å². The molecule has 194 valence electrons. The van der Waals surface area contributed by atoms with E-state index in [9.17, 15) is 28.1 Å². The van der Waals surface area contributed by atoms with Crippen molar-refractivity contribution in [1.29, 1.82) is 0 Å². The van der Waals surface area contributed by atoms with Crippen LogP contribution in [0, 0.1) is 10.1 Å². The monoisotopic (exact) mass is 551 g/mol. The number of carbonyl (C=O) groups is 2. The van der Waals surface area contributed by atoms with Crippen molar-refractivity contribution in [2.45, 2.75) is 21.4 Å². The van der Waals surface area contributed by atoms with Gasteiger partial charge in [0.25, 0.3) is 11.6 Å². The molecule has 0 aliphatic carbocycles. The molecule has 0 radical (unpaired) electrons. The average molecular weight is 552 g/mol. The summed E-state index contributed by atoms with van der Waals surface area (Å²) < 4.78 is 30.6. The largest absolute Gasteiger partial charge is 0.456 e. The third kappa shape index (κ3) is 6.47. The van der Waals surface area contributed by atoms with Crippen molar-refractivity contribution in [3.8, 4) is 0 Å². The molecule has 0 unspecified atom stereocenters. The van der Waals surface area contributed by atoms with Gasteiger partial charge in [0.15, 0.2) is 11.7 Å². The summed E-state index contributed by atoms with van der Waals surface area (Å²) in [4.78, 5) is 38.8. The Hall–Kier alpha value is -4.42. The van der Waals surface area contributed by atoms with E-state index >= 15 is 0 Å². The van der Waals surface area contributed by atoms with Crippen LogP contribution in [-0.4, -0.2) is 36.8 Å². The van der Waals surface area contributed by atoms with E-state index in [-0.39, 0.29) is 32.3 Å². The van der Waals surface area contributed by atoms with Gasteiger partial charge in [-0.05, 0) is 23.3 Å². The number of hydrogen-bond acceptors (Lipinski definition) is 9. The van der Waals surface area contributed by atoms with E-state index < -0.39 is 33.2 Å². The molecule has 0 aliphatic heterocycles. The third-order valence-electron chi connectivity index (χ3n) is 5.49. The Morgan fingerprint density at radius 1 is 0.947 bits per heavy atom. The standard InChI is InChI=1S/C26H21N3O7S2/c30-23(17-36-24(31)15-22(18-7-3-1-4-8-18)19-9-5-2-6-10-19)28-26-27-16-25(37-26)38(34,35)21-13-11-20(12-14-21)29(32)33/h1-14,16,22H,15,17H2,(H,27,28,30). The molecule has 10 nitrogen and oxygen atoms in total. The number of anilines is 1. The molecule has 12 heteroatoms. The normalized spacial score (nSPS) is 11.2. The number of thiazole rings is 1. The number of carbonyl (C=O) groups excluding carboxylic acids is 2. The van der Waals surface area contributed by atoms with Crippen LogP contribution in [0.2, 0.25) is 0 Å². The second-order valence-electron chi connectivity index (χ2n) is 8.03. The number of nitrogens with one attached hydrogen (secondary N) is 1. The van der Waals surface area contributed by atoms with Crippen molar-refractivity contribution in [1.82, 2.24) is 4.98 Å². The number of non-ortho nitro benzene ring substituents is 1. The first kappa shape index (κ1) is 26.6. The molecule has 38 heavy (non-hydrogen) atoms. The van der Waals surface area contributed by atoms with Crippen molar-refractivity contribution >= 4 is 43.9 Å². The summed E-state index contributed by atoms with van der Waals surface area (Å²) in [7, 11) is -3.99. The van der Waals surface area contributed by atoms with E-state index in [0.717, 1.165) is 41.6 Å². The second kappa shape index (κ2) is 11.8. The highest BCUT2D eigenvalue weighted by atomic mass is 32.2. The first-order valence-corrected chi connectivity index (χ1v) is 13.5. The fourth-order valence-electron chi connectivity index (χ4n) is 3.63. The molecule has 0 spiro atoms. The fourth-order valence-corrected chi connectivity index (χ4v) is 6.08. The molecular weight excluding hydrogens is 530 g/mol. The molecular formula is C26H21N3O7S2. The highest BCUT2D eigenvalue weighted by Gasteiger charge is 2.23. The van der Waals surface area contributed by atoms with Gasteiger partial charge in [-0.1, -0.05) is 72.0 Å². The minimum absolute atomic E-state index is 0.00187. The predicted molar refractivity (Wildman–Crippen MR) is 140 cm³/mol. The lowest BCUT2D eigenvalue weighted by molar-refractivity contribution is -0.384. The van der Waals surface area contributed by atoms with Crippen molar-refractivity contribution < 1.29 is 27.7 Å². The van der Waals surface area contributed by atoms with Gasteiger partial charge in [0.05, 0.1) is 22.4 Å². The molecule has 0 fully saturated rings. The fraction of sp³-hybridized carbons (Fsp3) is 0.115. The summed E-state index contributed by atoms with van der Waals surface area (Å²) in [6, 6.07) is 23.4. The zero-order valence-corrected chi connectivity index (χ0v) is 21.4. The number of aromatic nitrogens is 1. The molecule has 1 amide bonds. The average Bonchev–Trinajstić information content (AvgIpc) is 3.41. The highest BCUT2D eigenvalue weighted by molar-refractivity contribution is 7.93. The highest BCUT2D eigenvalue weighted by Crippen LogP contribution is 2.30. The van der Waals surface area contributed by atoms with Gasteiger partial charge in [-0.25, -0.2) is 13.4 Å². The third-order valence-corrected chi connectivity index (χ3v) is 8.64. The number of nitrogens with zero attached hydrogens (tertiary/aromatic N) is 2. The summed E-state index contributed by atoms with van der Waals surface area (Å²) in [6.07, 6.45) is 1.10. The summed E-state index contributed by atoms with van der Waals surface area (Å²) in [5.41, 5.74) is 1.63. The Kier molecular flexibility index (Phi) is 8.24. The van der Waals surface area contributed by atoms with Crippen molar-refractivity contribution in [3.63, 3.8) is 0 Å². The molecule has 0 saturated carbocycles. The van der Waals surface area contributed by atoms with Crippen LogP contribution in [0.4, 0.5) is 10.8 Å². The Morgan fingerprint density at radius 3 is 2.08 bits per heavy atom. The summed E-state index contributed by atoms with van der Waals surface area (Å²) >= 11 is 0.708. The number of nitro groups is 1. The Balaban J connectivity index is 1.35. The Labute approximate surface area is 222 Å². The minimum Gasteiger partial charge on any atom is -0.456 e. The van der Waals surface area contributed by atoms with Crippen LogP contribution in [0.3, 0.4) is 0 Å². The molecule has 0 aliphatic rings. The predicted octanol–water partition coefficient (Wildman–Crippen LogP) is 4.59. The van der Waals surface area contributed by atoms with Crippen LogP contribution < -0.4 is 5.32 Å². The van der Waals surface area contributed by atoms with E-state index in [2.05, 4.69) is 10.3 Å². The molecule has 1 aromatic heterocycles. The van der Waals surface area contributed by atoms with Crippen molar-refractivity contribution in [2.24, 2.45) is 0 Å². The first-order chi connectivity index (χ1) is 18.2. The maximum absolute atomic E-state index is 12.8. The van der Waals surface area contributed by atoms with Crippen molar-refractivity contribution in [3.05, 3.63) is 112 Å². The van der Waals surface area contributed by atoms with Crippen LogP contribution in [0.1, 0.15) is 23.5 Å². The quantitative estimate of drug-likeness (QED) is 0.171. The van der Waals surface area contributed by atoms with Crippen LogP contribution >= 0.6 is 11.3 Å². The van der Waals surface area contributed by atoms with E-state index in [4.69, 9.17) is 4.74 Å². The van der Waals surface area contributed by atoms with E-state index in [0.29, 0.717) is 11.3 Å². The second-order valence-corrected chi connectivity index (χ2v) is 11.2. The molecule has 0 atom stereocenters. The molecule has 1 heterocycles. The number of nitro benzene ring substituents is 1. The Morgan fingerprint density at radius 2 is 1.53 bits per heavy atom. The SMILES string of the molecule is O=C(COC(=O)CC(c1ccccc1)c1ccccc1)Nc1ncc(S(=O)(=O)c2ccc([N+](=O)[O-])cc2)s1. The molecule has 0 bridgehead atoms. The topological polar surface area (TPSA) is 146 Å². The number of sulfone groups is 1. The summed E-state index contributed by atoms with van der Waals surface area (Å²) in [6.45, 7) is -0.570. The molecule has 4 aromatic rings. The van der Waals surface area contributed by atoms with Gasteiger partial charge in [-0.3, -0.25) is 25.0 Å². The Bertz CT molecular complexity index is 1500. The van der Waals surface area contributed by atoms with Crippen molar-refractivity contribution in [2.75, 3.05) is 11.9 Å². The molecule has 1 N–H and O–H groups in total. The van der Waals surface area contributed by atoms with Gasteiger partial charge in [-0.15, -0.1) is 0 Å². The first-order valence-electron chi connectivity index (χ1n) is 11.2. The number of benzene rings is 3. The molecule has 0 saturated heterocycles. The number of rotatable bonds is 10. The zero-order chi connectivity index (χ0) is 27.1. The van der Waals surface area contributed by atoms with Gasteiger partial charge in [0.1, 0.15) is 4.21 Å². The van der Waals surface area contributed by atoms with Gasteiger partial charge in [-0.2, -0.15) is 0 Å². The lowest BCUT2D eigenvalue weighted by Crippen LogP contribution is -2.21. The maximum Gasteiger partial charge on any atom is 0.307 e.